The maximum absolute atomic E-state index is 11.7. The highest BCUT2D eigenvalue weighted by Crippen LogP contribution is 2.12. The van der Waals surface area contributed by atoms with Crippen molar-refractivity contribution in [3.63, 3.8) is 0 Å². The van der Waals surface area contributed by atoms with Gasteiger partial charge in [0.05, 0.1) is 12.5 Å². The maximum atomic E-state index is 11.7. The molecule has 0 saturated carbocycles. The number of rotatable bonds is 7. The van der Waals surface area contributed by atoms with Crippen LogP contribution in [-0.4, -0.2) is 28.6 Å². The van der Waals surface area contributed by atoms with Crippen molar-refractivity contribution in [3.8, 4) is 0 Å². The summed E-state index contributed by atoms with van der Waals surface area (Å²) in [5, 5.41) is 12.7. The van der Waals surface area contributed by atoms with Crippen LogP contribution in [0.5, 0.6) is 0 Å². The highest BCUT2D eigenvalue weighted by Gasteiger charge is 2.16. The third-order valence-corrected chi connectivity index (χ3v) is 3.22. The summed E-state index contributed by atoms with van der Waals surface area (Å²) in [5.41, 5.74) is 0.930. The molecule has 0 saturated heterocycles. The molecule has 0 bridgehead atoms. The van der Waals surface area contributed by atoms with Gasteiger partial charge >= 0.3 is 0 Å². The normalized spacial score (nSPS) is 12.4. The Morgan fingerprint density at radius 1 is 1.33 bits per heavy atom. The van der Waals surface area contributed by atoms with E-state index in [0.29, 0.717) is 13.0 Å². The molecule has 1 atom stereocenters. The van der Waals surface area contributed by atoms with Crippen molar-refractivity contribution >= 4 is 5.91 Å². The Labute approximate surface area is 108 Å². The molecule has 0 radical (unpaired) electrons. The zero-order valence-electron chi connectivity index (χ0n) is 11.1. The van der Waals surface area contributed by atoms with Crippen molar-refractivity contribution in [3.05, 3.63) is 30.1 Å². The molecule has 1 heterocycles. The molecule has 0 aromatic carbocycles. The number of pyridine rings is 1. The molecule has 0 aliphatic rings. The lowest BCUT2D eigenvalue weighted by Crippen LogP contribution is -2.36. The lowest BCUT2D eigenvalue weighted by atomic mass is 9.96. The van der Waals surface area contributed by atoms with Crippen molar-refractivity contribution in [2.24, 2.45) is 5.92 Å². The molecule has 1 amide bonds. The smallest absolute Gasteiger partial charge is 0.224 e. The van der Waals surface area contributed by atoms with Gasteiger partial charge in [0.25, 0.3) is 0 Å². The van der Waals surface area contributed by atoms with Crippen molar-refractivity contribution < 1.29 is 9.90 Å². The van der Waals surface area contributed by atoms with Gasteiger partial charge in [-0.25, -0.2) is 0 Å². The van der Waals surface area contributed by atoms with E-state index in [-0.39, 0.29) is 11.8 Å². The van der Waals surface area contributed by atoms with Gasteiger partial charge in [0.15, 0.2) is 0 Å². The Hall–Kier alpha value is -1.42. The van der Waals surface area contributed by atoms with Crippen LogP contribution in [0.1, 0.15) is 32.3 Å². The average Bonchev–Trinajstić information content (AvgIpc) is 2.39. The Morgan fingerprint density at radius 2 is 1.94 bits per heavy atom. The SMILES string of the molecule is CCC(CC)C(O)CNC(=O)Cc1ccncc1. The van der Waals surface area contributed by atoms with Gasteiger partial charge in [0, 0.05) is 18.9 Å². The quantitative estimate of drug-likeness (QED) is 0.771. The minimum absolute atomic E-state index is 0.0637. The van der Waals surface area contributed by atoms with Gasteiger partial charge in [-0.15, -0.1) is 0 Å². The van der Waals surface area contributed by atoms with E-state index in [1.807, 2.05) is 12.1 Å². The monoisotopic (exact) mass is 250 g/mol. The van der Waals surface area contributed by atoms with Crippen LogP contribution in [0.3, 0.4) is 0 Å². The van der Waals surface area contributed by atoms with Crippen molar-refractivity contribution in [2.45, 2.75) is 39.2 Å². The highest BCUT2D eigenvalue weighted by molar-refractivity contribution is 5.78. The predicted octanol–water partition coefficient (Wildman–Crippen LogP) is 1.54. The molecule has 1 rings (SSSR count). The minimum Gasteiger partial charge on any atom is -0.391 e. The zero-order chi connectivity index (χ0) is 13.4. The summed E-state index contributed by atoms with van der Waals surface area (Å²) in [5.74, 6) is 0.192. The molecule has 1 aromatic heterocycles. The van der Waals surface area contributed by atoms with E-state index in [1.54, 1.807) is 12.4 Å². The molecule has 0 aliphatic carbocycles. The molecular formula is C14H22N2O2. The summed E-state index contributed by atoms with van der Waals surface area (Å²) in [6.07, 6.45) is 5.07. The first-order valence-corrected chi connectivity index (χ1v) is 6.51. The molecule has 1 aromatic rings. The first-order chi connectivity index (χ1) is 8.67. The third kappa shape index (κ3) is 4.84. The van der Waals surface area contributed by atoms with Gasteiger partial charge in [-0.3, -0.25) is 9.78 Å². The van der Waals surface area contributed by atoms with E-state index in [4.69, 9.17) is 0 Å². The third-order valence-electron chi connectivity index (χ3n) is 3.22. The van der Waals surface area contributed by atoms with Crippen LogP contribution < -0.4 is 5.32 Å². The molecule has 2 N–H and O–H groups in total. The second-order valence-corrected chi connectivity index (χ2v) is 4.48. The van der Waals surface area contributed by atoms with Gasteiger partial charge in [0.1, 0.15) is 0 Å². The molecule has 4 nitrogen and oxygen atoms in total. The Kier molecular flexibility index (Phi) is 6.36. The molecule has 100 valence electrons. The fourth-order valence-electron chi connectivity index (χ4n) is 1.97. The number of carbonyl (C=O) groups is 1. The summed E-state index contributed by atoms with van der Waals surface area (Å²) in [4.78, 5) is 15.6. The fourth-order valence-corrected chi connectivity index (χ4v) is 1.97. The van der Waals surface area contributed by atoms with Crippen LogP contribution in [-0.2, 0) is 11.2 Å². The number of aromatic nitrogens is 1. The van der Waals surface area contributed by atoms with Crippen LogP contribution in [0.25, 0.3) is 0 Å². The van der Waals surface area contributed by atoms with E-state index in [9.17, 15) is 9.90 Å². The van der Waals surface area contributed by atoms with Crippen LogP contribution in [0, 0.1) is 5.92 Å². The molecule has 1 unspecified atom stereocenters. The standard InChI is InChI=1S/C14H22N2O2/c1-3-12(4-2)13(17)10-16-14(18)9-11-5-7-15-8-6-11/h5-8,12-13,17H,3-4,9-10H2,1-2H3,(H,16,18). The van der Waals surface area contributed by atoms with Gasteiger partial charge in [-0.05, 0) is 23.6 Å². The second-order valence-electron chi connectivity index (χ2n) is 4.48. The summed E-state index contributed by atoms with van der Waals surface area (Å²) < 4.78 is 0. The largest absolute Gasteiger partial charge is 0.391 e. The molecule has 4 heteroatoms. The van der Waals surface area contributed by atoms with Crippen molar-refractivity contribution in [2.75, 3.05) is 6.54 Å². The molecule has 0 spiro atoms. The number of hydrogen-bond acceptors (Lipinski definition) is 3. The van der Waals surface area contributed by atoms with Gasteiger partial charge in [-0.1, -0.05) is 26.7 Å². The fraction of sp³-hybridized carbons (Fsp3) is 0.571. The summed E-state index contributed by atoms with van der Waals surface area (Å²) in [6.45, 7) is 4.43. The molecule has 0 fully saturated rings. The first-order valence-electron chi connectivity index (χ1n) is 6.51. The lowest BCUT2D eigenvalue weighted by molar-refractivity contribution is -0.121. The Balaban J connectivity index is 2.33. The van der Waals surface area contributed by atoms with Gasteiger partial charge in [-0.2, -0.15) is 0 Å². The maximum Gasteiger partial charge on any atom is 0.224 e. The van der Waals surface area contributed by atoms with E-state index < -0.39 is 6.10 Å². The lowest BCUT2D eigenvalue weighted by Gasteiger charge is -2.20. The number of aliphatic hydroxyl groups is 1. The van der Waals surface area contributed by atoms with Crippen LogP contribution >= 0.6 is 0 Å². The van der Waals surface area contributed by atoms with Crippen LogP contribution in [0.4, 0.5) is 0 Å². The van der Waals surface area contributed by atoms with Gasteiger partial charge in [0.2, 0.25) is 5.91 Å². The number of nitrogens with one attached hydrogen (secondary N) is 1. The average molecular weight is 250 g/mol. The number of amides is 1. The van der Waals surface area contributed by atoms with Crippen LogP contribution in [0.2, 0.25) is 0 Å². The highest BCUT2D eigenvalue weighted by atomic mass is 16.3. The first kappa shape index (κ1) is 14.6. The van der Waals surface area contributed by atoms with Crippen molar-refractivity contribution in [1.29, 1.82) is 0 Å². The van der Waals surface area contributed by atoms with Crippen molar-refractivity contribution in [1.82, 2.24) is 10.3 Å². The van der Waals surface area contributed by atoms with E-state index in [0.717, 1.165) is 18.4 Å². The van der Waals surface area contributed by atoms with Gasteiger partial charge < -0.3 is 10.4 Å². The summed E-state index contributed by atoms with van der Waals surface area (Å²) in [7, 11) is 0. The Bertz CT molecular complexity index is 350. The summed E-state index contributed by atoms with van der Waals surface area (Å²) >= 11 is 0. The molecular weight excluding hydrogens is 228 g/mol. The number of aliphatic hydroxyl groups excluding tert-OH is 1. The van der Waals surface area contributed by atoms with E-state index in [1.165, 1.54) is 0 Å². The zero-order valence-corrected chi connectivity index (χ0v) is 11.1. The van der Waals surface area contributed by atoms with E-state index >= 15 is 0 Å². The molecule has 18 heavy (non-hydrogen) atoms. The molecule has 0 aliphatic heterocycles. The number of hydrogen-bond donors (Lipinski definition) is 2. The minimum atomic E-state index is -0.457. The van der Waals surface area contributed by atoms with Crippen LogP contribution in [0.15, 0.2) is 24.5 Å². The van der Waals surface area contributed by atoms with E-state index in [2.05, 4.69) is 24.1 Å². The predicted molar refractivity (Wildman–Crippen MR) is 71.0 cm³/mol. The number of nitrogens with zero attached hydrogens (tertiary/aromatic N) is 1. The number of carbonyl (C=O) groups excluding carboxylic acids is 1. The Morgan fingerprint density at radius 3 is 2.50 bits per heavy atom. The summed E-state index contributed by atoms with van der Waals surface area (Å²) in [6, 6.07) is 3.63. The topological polar surface area (TPSA) is 62.2 Å². The second kappa shape index (κ2) is 7.82.